The molecule has 0 saturated heterocycles. The summed E-state index contributed by atoms with van der Waals surface area (Å²) in [5.74, 6) is 1.26. The van der Waals surface area contributed by atoms with Gasteiger partial charge in [0, 0.05) is 39.9 Å². The van der Waals surface area contributed by atoms with Gasteiger partial charge in [0.05, 0.1) is 16.7 Å². The molecule has 11 rings (SSSR count). The van der Waals surface area contributed by atoms with Crippen molar-refractivity contribution in [1.82, 2.24) is 4.57 Å². The first kappa shape index (κ1) is 26.3. The third-order valence-electron chi connectivity index (χ3n) is 11.5. The first-order valence-electron chi connectivity index (χ1n) is 17.1. The van der Waals surface area contributed by atoms with Gasteiger partial charge in [-0.2, -0.15) is 9.13 Å². The van der Waals surface area contributed by atoms with Gasteiger partial charge in [0.1, 0.15) is 28.0 Å². The average molecular weight is 620 g/mol. The zero-order chi connectivity index (χ0) is 31.9. The quantitative estimate of drug-likeness (QED) is 0.177. The lowest BCUT2D eigenvalue weighted by molar-refractivity contribution is -0.711. The summed E-state index contributed by atoms with van der Waals surface area (Å²) < 4.78 is 14.5. The largest absolute Gasteiger partial charge is 0.455 e. The molecule has 0 saturated carbocycles. The highest BCUT2D eigenvalue weighted by Gasteiger charge is 2.58. The summed E-state index contributed by atoms with van der Waals surface area (Å²) in [5, 5.41) is 2.33. The number of aryl methyl sites for hydroxylation is 2. The van der Waals surface area contributed by atoms with Crippen LogP contribution in [0.5, 0.6) is 0 Å². The molecule has 0 radical (unpaired) electrons. The number of fused-ring (bicyclic) bond motifs is 9. The molecular formula is C44H33N3O+2. The number of hydrogen-bond donors (Lipinski definition) is 0. The lowest BCUT2D eigenvalue weighted by atomic mass is 9.74. The van der Waals surface area contributed by atoms with Gasteiger partial charge in [0.15, 0.2) is 17.2 Å². The Kier molecular flexibility index (Phi) is 4.93. The van der Waals surface area contributed by atoms with E-state index in [2.05, 4.69) is 156 Å². The van der Waals surface area contributed by atoms with E-state index in [1.165, 1.54) is 83.8 Å². The molecule has 228 valence electrons. The fraction of sp³-hybridized carbons (Fsp3) is 0.136. The second-order valence-electron chi connectivity index (χ2n) is 13.8. The van der Waals surface area contributed by atoms with Crippen LogP contribution in [0.15, 0.2) is 126 Å². The standard InChI is InChI=1S/C44H33N3O/c1-4-44-24-28-13-12-19-35-40(28)47(44)43(46(35)29-14-6-5-7-15-29)33-18-9-8-17-31(33)39(44)41-34-22-21-32-30-16-10-11-20-37(30)48-42(32)38(34)36-23-26(2)27(3)25-45(36)41/h5-23,25H,4,24H2,1-3H3/q+2. The summed E-state index contributed by atoms with van der Waals surface area (Å²) in [7, 11) is 0. The molecule has 48 heavy (non-hydrogen) atoms. The van der Waals surface area contributed by atoms with Gasteiger partial charge in [0.25, 0.3) is 5.82 Å². The van der Waals surface area contributed by atoms with Gasteiger partial charge in [-0.15, -0.1) is 0 Å². The molecule has 0 bridgehead atoms. The zero-order valence-corrected chi connectivity index (χ0v) is 27.2. The van der Waals surface area contributed by atoms with Crippen LogP contribution in [-0.2, 0) is 12.0 Å². The minimum absolute atomic E-state index is 0.283. The summed E-state index contributed by atoms with van der Waals surface area (Å²) in [6, 6.07) is 42.3. The van der Waals surface area contributed by atoms with E-state index >= 15 is 0 Å². The number of pyridine rings is 1. The molecule has 0 N–H and O–H groups in total. The van der Waals surface area contributed by atoms with Gasteiger partial charge in [-0.3, -0.25) is 0 Å². The van der Waals surface area contributed by atoms with E-state index < -0.39 is 0 Å². The Morgan fingerprint density at radius 3 is 2.40 bits per heavy atom. The van der Waals surface area contributed by atoms with E-state index in [4.69, 9.17) is 4.42 Å². The molecule has 3 aliphatic heterocycles. The third kappa shape index (κ3) is 3.02. The Morgan fingerprint density at radius 2 is 1.54 bits per heavy atom. The number of rotatable bonds is 2. The lowest BCUT2D eigenvalue weighted by Gasteiger charge is -2.34. The molecule has 0 fully saturated rings. The molecule has 0 spiro atoms. The first-order valence-corrected chi connectivity index (χ1v) is 17.1. The van der Waals surface area contributed by atoms with E-state index in [1.54, 1.807) is 0 Å². The molecule has 0 amide bonds. The number of hydrogen-bond acceptors (Lipinski definition) is 1. The van der Waals surface area contributed by atoms with Crippen LogP contribution in [0.3, 0.4) is 0 Å². The van der Waals surface area contributed by atoms with Gasteiger partial charge in [0.2, 0.25) is 11.4 Å². The maximum Gasteiger partial charge on any atom is 0.296 e. The molecule has 5 aromatic carbocycles. The van der Waals surface area contributed by atoms with Gasteiger partial charge >= 0.3 is 0 Å². The Balaban J connectivity index is 1.34. The molecule has 0 aliphatic carbocycles. The highest BCUT2D eigenvalue weighted by atomic mass is 16.3. The second kappa shape index (κ2) is 8.99. The van der Waals surface area contributed by atoms with Crippen LogP contribution >= 0.6 is 0 Å². The zero-order valence-electron chi connectivity index (χ0n) is 27.2. The van der Waals surface area contributed by atoms with E-state index in [0.29, 0.717) is 0 Å². The SMILES string of the molecule is CCC12Cc3cccc4c3[n+]1c(n4-c1ccccc1)-c1ccccc1C2=C1c2ccc3c(oc4ccccc43)c2-c2cc(C)c(C)c[n+]21. The molecule has 1 atom stereocenters. The van der Waals surface area contributed by atoms with Crippen molar-refractivity contribution in [1.29, 1.82) is 0 Å². The highest BCUT2D eigenvalue weighted by Crippen LogP contribution is 2.55. The molecule has 4 nitrogen and oxygen atoms in total. The molecule has 6 heterocycles. The number of aromatic nitrogens is 3. The van der Waals surface area contributed by atoms with E-state index in [1.807, 2.05) is 0 Å². The molecule has 8 aromatic rings. The molecular weight excluding hydrogens is 587 g/mol. The van der Waals surface area contributed by atoms with Gasteiger partial charge in [-0.1, -0.05) is 73.7 Å². The fourth-order valence-corrected chi connectivity index (χ4v) is 9.28. The third-order valence-corrected chi connectivity index (χ3v) is 11.5. The van der Waals surface area contributed by atoms with Crippen molar-refractivity contribution in [2.45, 2.75) is 39.2 Å². The summed E-state index contributed by atoms with van der Waals surface area (Å²) in [6.07, 6.45) is 4.28. The van der Waals surface area contributed by atoms with Crippen LogP contribution < -0.4 is 9.13 Å². The van der Waals surface area contributed by atoms with Crippen LogP contribution in [0.25, 0.3) is 72.6 Å². The average Bonchev–Trinajstić information content (AvgIpc) is 3.86. The number of allylic oxidation sites excluding steroid dienone is 1. The van der Waals surface area contributed by atoms with Crippen molar-refractivity contribution >= 4 is 44.2 Å². The lowest BCUT2D eigenvalue weighted by Crippen LogP contribution is -2.58. The van der Waals surface area contributed by atoms with Crippen LogP contribution in [0.2, 0.25) is 0 Å². The van der Waals surface area contributed by atoms with Crippen molar-refractivity contribution in [3.63, 3.8) is 0 Å². The second-order valence-corrected chi connectivity index (χ2v) is 13.8. The van der Waals surface area contributed by atoms with Crippen LogP contribution in [-0.4, -0.2) is 4.57 Å². The maximum atomic E-state index is 6.75. The number of imidazole rings is 1. The van der Waals surface area contributed by atoms with Crippen LogP contribution in [0.4, 0.5) is 0 Å². The molecule has 1 unspecified atom stereocenters. The predicted molar refractivity (Wildman–Crippen MR) is 192 cm³/mol. The summed E-state index contributed by atoms with van der Waals surface area (Å²) in [6.45, 7) is 6.84. The molecule has 4 heteroatoms. The van der Waals surface area contributed by atoms with E-state index in [0.717, 1.165) is 29.4 Å². The monoisotopic (exact) mass is 619 g/mol. The topological polar surface area (TPSA) is 25.8 Å². The number of nitrogens with zero attached hydrogens (tertiary/aromatic N) is 3. The predicted octanol–water partition coefficient (Wildman–Crippen LogP) is 9.46. The summed E-state index contributed by atoms with van der Waals surface area (Å²) in [4.78, 5) is 0. The van der Waals surface area contributed by atoms with Crippen molar-refractivity contribution < 1.29 is 13.6 Å². The minimum atomic E-state index is -0.283. The Bertz CT molecular complexity index is 2760. The first-order chi connectivity index (χ1) is 23.6. The van der Waals surface area contributed by atoms with Gasteiger partial charge < -0.3 is 4.42 Å². The Hall–Kier alpha value is -5.74. The Morgan fingerprint density at radius 1 is 0.750 bits per heavy atom. The normalized spacial score (nSPS) is 18.6. The van der Waals surface area contributed by atoms with Gasteiger partial charge in [-0.05, 0) is 68.3 Å². The smallest absolute Gasteiger partial charge is 0.296 e. The van der Waals surface area contributed by atoms with Gasteiger partial charge in [-0.25, -0.2) is 4.57 Å². The van der Waals surface area contributed by atoms with Crippen LogP contribution in [0.1, 0.15) is 41.2 Å². The summed E-state index contributed by atoms with van der Waals surface area (Å²) in [5.41, 5.74) is 18.3. The van der Waals surface area contributed by atoms with Crippen molar-refractivity contribution in [3.05, 3.63) is 149 Å². The van der Waals surface area contributed by atoms with E-state index in [9.17, 15) is 0 Å². The van der Waals surface area contributed by atoms with Crippen molar-refractivity contribution in [2.24, 2.45) is 0 Å². The van der Waals surface area contributed by atoms with Crippen molar-refractivity contribution in [2.75, 3.05) is 0 Å². The fourth-order valence-electron chi connectivity index (χ4n) is 9.28. The minimum Gasteiger partial charge on any atom is -0.455 e. The highest BCUT2D eigenvalue weighted by molar-refractivity contribution is 6.13. The number of furan rings is 1. The Labute approximate surface area is 278 Å². The summed E-state index contributed by atoms with van der Waals surface area (Å²) >= 11 is 0. The number of para-hydroxylation sites is 3. The molecule has 3 aliphatic rings. The van der Waals surface area contributed by atoms with Crippen LogP contribution in [0, 0.1) is 13.8 Å². The van der Waals surface area contributed by atoms with Crippen molar-refractivity contribution in [3.8, 4) is 28.3 Å². The maximum absolute atomic E-state index is 6.75. The van der Waals surface area contributed by atoms with E-state index in [-0.39, 0.29) is 5.54 Å². The number of benzene rings is 5. The molecule has 3 aromatic heterocycles.